The van der Waals surface area contributed by atoms with Gasteiger partial charge in [-0.25, -0.2) is 9.99 Å². The molecule has 6 nitrogen and oxygen atoms in total. The number of rotatable bonds is 3. The van der Waals surface area contributed by atoms with Gasteiger partial charge in [0.2, 0.25) is 5.95 Å². The lowest BCUT2D eigenvalue weighted by Crippen LogP contribution is -2.29. The van der Waals surface area contributed by atoms with Crippen LogP contribution in [0.4, 0.5) is 5.95 Å². The Morgan fingerprint density at radius 1 is 1.07 bits per heavy atom. The van der Waals surface area contributed by atoms with Gasteiger partial charge < -0.3 is 0 Å². The molecule has 2 aliphatic rings. The van der Waals surface area contributed by atoms with Crippen LogP contribution in [0.15, 0.2) is 41.3 Å². The van der Waals surface area contributed by atoms with E-state index >= 15 is 0 Å². The van der Waals surface area contributed by atoms with E-state index in [0.29, 0.717) is 17.2 Å². The highest BCUT2D eigenvalue weighted by Gasteiger charge is 2.34. The zero-order valence-electron chi connectivity index (χ0n) is 17.1. The quantitative estimate of drug-likeness (QED) is 0.739. The second kappa shape index (κ2) is 7.26. The van der Waals surface area contributed by atoms with Gasteiger partial charge in [0.25, 0.3) is 5.56 Å². The van der Waals surface area contributed by atoms with Crippen molar-refractivity contribution in [3.05, 3.63) is 52.4 Å². The fraction of sp³-hybridized carbons (Fsp3) is 0.435. The molecule has 1 N–H and O–H groups in total. The second-order valence-corrected chi connectivity index (χ2v) is 8.53. The standard InChI is InChI=1S/C23H27N5O/c1-15-7-3-6-10-19(15)20-11-18-12-24-23(25-21(18)27(2)22(20)29)26-28-13-16-8-4-5-9-17(16)14-28/h3,6-7,10-12,16-17H,4-5,8-9,13-14H2,1-2H3,(H,24,25,26). The molecule has 1 aliphatic heterocycles. The zero-order valence-corrected chi connectivity index (χ0v) is 17.1. The van der Waals surface area contributed by atoms with E-state index in [1.165, 1.54) is 25.7 Å². The molecule has 0 spiro atoms. The summed E-state index contributed by atoms with van der Waals surface area (Å²) in [5.41, 5.74) is 6.73. The van der Waals surface area contributed by atoms with E-state index in [-0.39, 0.29) is 5.56 Å². The van der Waals surface area contributed by atoms with Crippen molar-refractivity contribution >= 4 is 17.0 Å². The van der Waals surface area contributed by atoms with E-state index in [9.17, 15) is 4.79 Å². The topological polar surface area (TPSA) is 63.1 Å². The number of aromatic nitrogens is 3. The minimum Gasteiger partial charge on any atom is -0.295 e. The predicted molar refractivity (Wildman–Crippen MR) is 116 cm³/mol. The van der Waals surface area contributed by atoms with Gasteiger partial charge in [-0.05, 0) is 48.8 Å². The first-order valence-corrected chi connectivity index (χ1v) is 10.5. The lowest BCUT2D eigenvalue weighted by molar-refractivity contribution is 0.299. The van der Waals surface area contributed by atoms with Crippen LogP contribution in [-0.4, -0.2) is 32.6 Å². The molecular formula is C23H27N5O. The number of nitrogens with zero attached hydrogens (tertiary/aromatic N) is 4. The first-order chi connectivity index (χ1) is 14.1. The molecule has 1 aromatic carbocycles. The van der Waals surface area contributed by atoms with Gasteiger partial charge >= 0.3 is 0 Å². The zero-order chi connectivity index (χ0) is 20.0. The largest absolute Gasteiger partial charge is 0.295 e. The number of fused-ring (bicyclic) bond motifs is 2. The van der Waals surface area contributed by atoms with Gasteiger partial charge in [-0.15, -0.1) is 0 Å². The summed E-state index contributed by atoms with van der Waals surface area (Å²) >= 11 is 0. The molecule has 3 aromatic rings. The fourth-order valence-corrected chi connectivity index (χ4v) is 5.01. The highest BCUT2D eigenvalue weighted by atomic mass is 16.1. The maximum absolute atomic E-state index is 13.0. The summed E-state index contributed by atoms with van der Waals surface area (Å²) in [5, 5.41) is 3.12. The Balaban J connectivity index is 1.47. The highest BCUT2D eigenvalue weighted by Crippen LogP contribution is 2.35. The molecule has 0 bridgehead atoms. The molecule has 1 aliphatic carbocycles. The maximum atomic E-state index is 13.0. The smallest absolute Gasteiger partial charge is 0.259 e. The van der Waals surface area contributed by atoms with Gasteiger partial charge in [-0.2, -0.15) is 4.98 Å². The lowest BCUT2D eigenvalue weighted by Gasteiger charge is -2.22. The Labute approximate surface area is 170 Å². The fourth-order valence-electron chi connectivity index (χ4n) is 5.01. The molecule has 5 rings (SSSR count). The van der Waals surface area contributed by atoms with E-state index in [0.717, 1.165) is 41.4 Å². The number of nitrogens with one attached hydrogen (secondary N) is 1. The number of aryl methyl sites for hydroxylation is 2. The third kappa shape index (κ3) is 3.31. The van der Waals surface area contributed by atoms with Gasteiger partial charge in [0, 0.05) is 37.3 Å². The summed E-state index contributed by atoms with van der Waals surface area (Å²) in [4.78, 5) is 22.2. The van der Waals surface area contributed by atoms with Crippen molar-refractivity contribution in [2.75, 3.05) is 18.5 Å². The molecule has 0 amide bonds. The van der Waals surface area contributed by atoms with Gasteiger partial charge in [-0.1, -0.05) is 37.1 Å². The maximum Gasteiger partial charge on any atom is 0.259 e. The monoisotopic (exact) mass is 389 g/mol. The number of pyridine rings is 1. The number of anilines is 1. The van der Waals surface area contributed by atoms with Crippen molar-refractivity contribution in [1.29, 1.82) is 0 Å². The summed E-state index contributed by atoms with van der Waals surface area (Å²) in [5.74, 6) is 2.14. The van der Waals surface area contributed by atoms with E-state index < -0.39 is 0 Å². The summed E-state index contributed by atoms with van der Waals surface area (Å²) < 4.78 is 1.63. The SMILES string of the molecule is Cc1ccccc1-c1cc2cnc(NN3CC4CCCCC4C3)nc2n(C)c1=O. The minimum atomic E-state index is -0.0383. The molecule has 2 atom stereocenters. The molecule has 150 valence electrons. The van der Waals surface area contributed by atoms with Crippen LogP contribution in [0.25, 0.3) is 22.2 Å². The third-order valence-corrected chi connectivity index (χ3v) is 6.62. The van der Waals surface area contributed by atoms with Crippen LogP contribution in [0, 0.1) is 18.8 Å². The Morgan fingerprint density at radius 3 is 2.52 bits per heavy atom. The van der Waals surface area contributed by atoms with Crippen LogP contribution in [0.1, 0.15) is 31.2 Å². The number of benzene rings is 1. The third-order valence-electron chi connectivity index (χ3n) is 6.62. The number of hydrogen-bond donors (Lipinski definition) is 1. The van der Waals surface area contributed by atoms with E-state index in [1.807, 2.05) is 43.5 Å². The lowest BCUT2D eigenvalue weighted by atomic mass is 9.82. The molecular weight excluding hydrogens is 362 g/mol. The van der Waals surface area contributed by atoms with Crippen LogP contribution in [0.2, 0.25) is 0 Å². The molecule has 29 heavy (non-hydrogen) atoms. The van der Waals surface area contributed by atoms with Crippen LogP contribution in [-0.2, 0) is 7.05 Å². The summed E-state index contributed by atoms with van der Waals surface area (Å²) in [6, 6.07) is 9.87. The van der Waals surface area contributed by atoms with Gasteiger partial charge in [0.05, 0.1) is 0 Å². The van der Waals surface area contributed by atoms with Gasteiger partial charge in [0.15, 0.2) is 0 Å². The van der Waals surface area contributed by atoms with E-state index in [2.05, 4.69) is 20.4 Å². The molecule has 2 unspecified atom stereocenters. The highest BCUT2D eigenvalue weighted by molar-refractivity contribution is 5.82. The van der Waals surface area contributed by atoms with Crippen molar-refractivity contribution in [3.63, 3.8) is 0 Å². The number of hydrazine groups is 1. The average molecular weight is 390 g/mol. The average Bonchev–Trinajstić information content (AvgIpc) is 3.14. The molecule has 2 fully saturated rings. The first kappa shape index (κ1) is 18.3. The van der Waals surface area contributed by atoms with Gasteiger partial charge in [0.1, 0.15) is 5.65 Å². The molecule has 1 saturated heterocycles. The minimum absolute atomic E-state index is 0.0383. The molecule has 3 heterocycles. The predicted octanol–water partition coefficient (Wildman–Crippen LogP) is 3.75. The molecule has 1 saturated carbocycles. The molecule has 6 heteroatoms. The van der Waals surface area contributed by atoms with Gasteiger partial charge in [-0.3, -0.25) is 14.8 Å². The normalized spacial score (nSPS) is 22.0. The van der Waals surface area contributed by atoms with Crippen LogP contribution < -0.4 is 11.0 Å². The van der Waals surface area contributed by atoms with Crippen molar-refractivity contribution in [2.24, 2.45) is 18.9 Å². The summed E-state index contributed by atoms with van der Waals surface area (Å²) in [6.07, 6.45) is 7.18. The van der Waals surface area contributed by atoms with E-state index in [1.54, 1.807) is 11.6 Å². The van der Waals surface area contributed by atoms with Crippen molar-refractivity contribution < 1.29 is 0 Å². The Bertz CT molecular complexity index is 1110. The Morgan fingerprint density at radius 2 is 1.79 bits per heavy atom. The first-order valence-electron chi connectivity index (χ1n) is 10.5. The van der Waals surface area contributed by atoms with Crippen molar-refractivity contribution in [1.82, 2.24) is 19.5 Å². The van der Waals surface area contributed by atoms with Crippen LogP contribution in [0.3, 0.4) is 0 Å². The summed E-state index contributed by atoms with van der Waals surface area (Å²) in [6.45, 7) is 4.13. The summed E-state index contributed by atoms with van der Waals surface area (Å²) in [7, 11) is 1.79. The molecule has 0 radical (unpaired) electrons. The number of hydrogen-bond acceptors (Lipinski definition) is 5. The van der Waals surface area contributed by atoms with Crippen LogP contribution in [0.5, 0.6) is 0 Å². The van der Waals surface area contributed by atoms with E-state index in [4.69, 9.17) is 0 Å². The molecule has 2 aromatic heterocycles. The Hall–Kier alpha value is -2.73. The van der Waals surface area contributed by atoms with Crippen LogP contribution >= 0.6 is 0 Å². The second-order valence-electron chi connectivity index (χ2n) is 8.53. The Kier molecular flexibility index (Phi) is 4.59. The van der Waals surface area contributed by atoms with Crippen molar-refractivity contribution in [2.45, 2.75) is 32.6 Å². The van der Waals surface area contributed by atoms with Crippen molar-refractivity contribution in [3.8, 4) is 11.1 Å².